The van der Waals surface area contributed by atoms with Crippen LogP contribution in [0.15, 0.2) is 78.6 Å². The van der Waals surface area contributed by atoms with Gasteiger partial charge in [-0.15, -0.1) is 0 Å². The summed E-state index contributed by atoms with van der Waals surface area (Å²) in [4.78, 5) is 35.7. The van der Waals surface area contributed by atoms with Crippen LogP contribution in [0.2, 0.25) is 0 Å². The molecule has 1 aliphatic heterocycles. The van der Waals surface area contributed by atoms with Crippen molar-refractivity contribution in [3.63, 3.8) is 0 Å². The van der Waals surface area contributed by atoms with Crippen LogP contribution < -0.4 is 32.1 Å². The number of hydrogen-bond acceptors (Lipinski definition) is 5. The molecule has 0 saturated heterocycles. The van der Waals surface area contributed by atoms with Gasteiger partial charge in [0.15, 0.2) is 0 Å². The van der Waals surface area contributed by atoms with E-state index in [-0.39, 0.29) is 6.03 Å². The Hall–Kier alpha value is -4.27. The molecule has 0 aliphatic carbocycles. The van der Waals surface area contributed by atoms with Crippen LogP contribution in [0.3, 0.4) is 0 Å². The number of urea groups is 1. The average Bonchev–Trinajstić information content (AvgIpc) is 2.74. The standard InChI is InChI=1S/C20H20N6O3/c27-18(22-16-10-12-21-13-11-16)19(28)26-25-17-8-6-15(7-9-17)24-20(29)23-14-4-2-1-3-5-14/h1-12,21,25H,13H2,(H,22,27)(H,26,28)(H2,23,24,29). The van der Waals surface area contributed by atoms with Crippen molar-refractivity contribution in [2.75, 3.05) is 22.6 Å². The van der Waals surface area contributed by atoms with Crippen molar-refractivity contribution in [3.8, 4) is 0 Å². The second-order valence-corrected chi connectivity index (χ2v) is 5.96. The highest BCUT2D eigenvalue weighted by Crippen LogP contribution is 2.13. The fourth-order valence-corrected chi connectivity index (χ4v) is 2.37. The Morgan fingerprint density at radius 2 is 1.41 bits per heavy atom. The van der Waals surface area contributed by atoms with E-state index in [2.05, 4.69) is 32.1 Å². The Morgan fingerprint density at radius 1 is 0.759 bits per heavy atom. The summed E-state index contributed by atoms with van der Waals surface area (Å²) in [5.74, 6) is -1.62. The van der Waals surface area contributed by atoms with Gasteiger partial charge < -0.3 is 21.3 Å². The SMILES string of the molecule is O=C(Nc1ccccc1)Nc1ccc(NNC(=O)C(=O)NC2=CCNC=C2)cc1. The third-order valence-corrected chi connectivity index (χ3v) is 3.78. The van der Waals surface area contributed by atoms with Crippen molar-refractivity contribution in [3.05, 3.63) is 78.6 Å². The lowest BCUT2D eigenvalue weighted by Crippen LogP contribution is -2.42. The summed E-state index contributed by atoms with van der Waals surface area (Å²) >= 11 is 0. The highest BCUT2D eigenvalue weighted by molar-refractivity contribution is 6.35. The molecule has 2 aromatic carbocycles. The fourth-order valence-electron chi connectivity index (χ4n) is 2.37. The van der Waals surface area contributed by atoms with Crippen molar-refractivity contribution in [1.82, 2.24) is 16.1 Å². The predicted molar refractivity (Wildman–Crippen MR) is 111 cm³/mol. The van der Waals surface area contributed by atoms with Crippen LogP contribution in [0.5, 0.6) is 0 Å². The van der Waals surface area contributed by atoms with Gasteiger partial charge in [-0.1, -0.05) is 18.2 Å². The number of benzene rings is 2. The molecular formula is C20H20N6O3. The molecule has 3 rings (SSSR count). The summed E-state index contributed by atoms with van der Waals surface area (Å²) in [5, 5.41) is 10.8. The molecule has 1 heterocycles. The van der Waals surface area contributed by atoms with Crippen LogP contribution in [-0.2, 0) is 9.59 Å². The molecule has 2 aromatic rings. The molecule has 0 unspecified atom stereocenters. The second kappa shape index (κ2) is 9.60. The first-order valence-corrected chi connectivity index (χ1v) is 8.81. The lowest BCUT2D eigenvalue weighted by Gasteiger charge is -2.12. The maximum atomic E-state index is 12.0. The number of dihydropyridines is 1. The zero-order chi connectivity index (χ0) is 20.5. The molecule has 9 heteroatoms. The molecule has 0 spiro atoms. The van der Waals surface area contributed by atoms with E-state index in [0.717, 1.165) is 0 Å². The number of hydrogen-bond donors (Lipinski definition) is 6. The van der Waals surface area contributed by atoms with Gasteiger partial charge in [0.1, 0.15) is 0 Å². The summed E-state index contributed by atoms with van der Waals surface area (Å²) in [6.07, 6.45) is 5.08. The quantitative estimate of drug-likeness (QED) is 0.343. The van der Waals surface area contributed by atoms with E-state index in [4.69, 9.17) is 0 Å². The lowest BCUT2D eigenvalue weighted by molar-refractivity contribution is -0.138. The van der Waals surface area contributed by atoms with E-state index < -0.39 is 11.8 Å². The number of carbonyl (C=O) groups excluding carboxylic acids is 3. The molecule has 0 aromatic heterocycles. The van der Waals surface area contributed by atoms with Gasteiger partial charge in [-0.25, -0.2) is 4.79 Å². The van der Waals surface area contributed by atoms with Gasteiger partial charge in [-0.2, -0.15) is 0 Å². The molecule has 1 aliphatic rings. The van der Waals surface area contributed by atoms with E-state index in [1.54, 1.807) is 54.8 Å². The summed E-state index contributed by atoms with van der Waals surface area (Å²) in [7, 11) is 0. The minimum absolute atomic E-state index is 0.372. The van der Waals surface area contributed by atoms with Gasteiger partial charge in [0, 0.05) is 23.6 Å². The van der Waals surface area contributed by atoms with Crippen molar-refractivity contribution in [2.24, 2.45) is 0 Å². The highest BCUT2D eigenvalue weighted by atomic mass is 16.2. The number of para-hydroxylation sites is 1. The lowest BCUT2D eigenvalue weighted by atomic mass is 10.3. The largest absolute Gasteiger partial charge is 0.387 e. The molecule has 4 amide bonds. The monoisotopic (exact) mass is 392 g/mol. The topological polar surface area (TPSA) is 123 Å². The summed E-state index contributed by atoms with van der Waals surface area (Å²) < 4.78 is 0. The average molecular weight is 392 g/mol. The molecule has 0 radical (unpaired) electrons. The Morgan fingerprint density at radius 3 is 2.07 bits per heavy atom. The number of amides is 4. The Bertz CT molecular complexity index is 938. The van der Waals surface area contributed by atoms with Gasteiger partial charge in [-0.05, 0) is 54.8 Å². The summed E-state index contributed by atoms with van der Waals surface area (Å²) in [6.45, 7) is 0.579. The number of anilines is 3. The molecule has 0 fully saturated rings. The first kappa shape index (κ1) is 19.5. The van der Waals surface area contributed by atoms with E-state index in [1.165, 1.54) is 0 Å². The third kappa shape index (κ3) is 6.14. The van der Waals surface area contributed by atoms with E-state index in [0.29, 0.717) is 29.3 Å². The van der Waals surface area contributed by atoms with Crippen LogP contribution in [-0.4, -0.2) is 24.4 Å². The van der Waals surface area contributed by atoms with Crippen molar-refractivity contribution in [2.45, 2.75) is 0 Å². The molecule has 148 valence electrons. The smallest absolute Gasteiger partial charge is 0.327 e. The van der Waals surface area contributed by atoms with Crippen molar-refractivity contribution in [1.29, 1.82) is 0 Å². The molecular weight excluding hydrogens is 372 g/mol. The van der Waals surface area contributed by atoms with Gasteiger partial charge in [0.05, 0.1) is 5.69 Å². The Kier molecular flexibility index (Phi) is 6.45. The number of allylic oxidation sites excluding steroid dienone is 1. The van der Waals surface area contributed by atoms with Crippen LogP contribution in [0, 0.1) is 0 Å². The molecule has 9 nitrogen and oxygen atoms in total. The van der Waals surface area contributed by atoms with Crippen molar-refractivity contribution < 1.29 is 14.4 Å². The van der Waals surface area contributed by atoms with Crippen LogP contribution in [0.4, 0.5) is 21.9 Å². The van der Waals surface area contributed by atoms with Crippen molar-refractivity contribution >= 4 is 34.9 Å². The Balaban J connectivity index is 1.44. The van der Waals surface area contributed by atoms with Gasteiger partial charge >= 0.3 is 17.8 Å². The van der Waals surface area contributed by atoms with Gasteiger partial charge in [0.25, 0.3) is 0 Å². The Labute approximate surface area is 167 Å². The second-order valence-electron chi connectivity index (χ2n) is 5.96. The number of rotatable bonds is 5. The zero-order valence-corrected chi connectivity index (χ0v) is 15.4. The normalized spacial score (nSPS) is 12.1. The molecule has 0 saturated carbocycles. The molecule has 0 atom stereocenters. The molecule has 29 heavy (non-hydrogen) atoms. The maximum Gasteiger partial charge on any atom is 0.327 e. The maximum absolute atomic E-state index is 12.0. The minimum Gasteiger partial charge on any atom is -0.387 e. The number of nitrogens with one attached hydrogen (secondary N) is 6. The minimum atomic E-state index is -0.831. The van der Waals surface area contributed by atoms with Crippen LogP contribution in [0.25, 0.3) is 0 Å². The van der Waals surface area contributed by atoms with Gasteiger partial charge in [0.2, 0.25) is 0 Å². The highest BCUT2D eigenvalue weighted by Gasteiger charge is 2.14. The van der Waals surface area contributed by atoms with E-state index in [1.807, 2.05) is 18.2 Å². The van der Waals surface area contributed by atoms with E-state index >= 15 is 0 Å². The van der Waals surface area contributed by atoms with Gasteiger partial charge in [-0.3, -0.25) is 20.4 Å². The fraction of sp³-hybridized carbons (Fsp3) is 0.0500. The van der Waals surface area contributed by atoms with Crippen LogP contribution in [0.1, 0.15) is 0 Å². The first-order chi connectivity index (χ1) is 14.1. The summed E-state index contributed by atoms with van der Waals surface area (Å²) in [5.41, 5.74) is 7.30. The molecule has 0 bridgehead atoms. The first-order valence-electron chi connectivity index (χ1n) is 8.81. The number of hydrazine groups is 1. The van der Waals surface area contributed by atoms with Crippen LogP contribution >= 0.6 is 0 Å². The predicted octanol–water partition coefficient (Wildman–Crippen LogP) is 1.89. The third-order valence-electron chi connectivity index (χ3n) is 3.78. The number of carbonyl (C=O) groups is 3. The zero-order valence-electron chi connectivity index (χ0n) is 15.4. The van der Waals surface area contributed by atoms with E-state index in [9.17, 15) is 14.4 Å². The summed E-state index contributed by atoms with van der Waals surface area (Å²) in [6, 6.07) is 15.3. The molecule has 6 N–H and O–H groups in total.